The van der Waals surface area contributed by atoms with Gasteiger partial charge in [-0.1, -0.05) is 18.1 Å². The fraction of sp³-hybridized carbons (Fsp3) is 0.789. The number of aromatic nitrogens is 3. The molecule has 1 aromatic heterocycles. The van der Waals surface area contributed by atoms with E-state index < -0.39 is 24.0 Å². The third-order valence-corrected chi connectivity index (χ3v) is 6.59. The van der Waals surface area contributed by atoms with Gasteiger partial charge in [0, 0.05) is 31.6 Å². The molecule has 0 unspecified atom stereocenters. The maximum absolute atomic E-state index is 14.6. The highest BCUT2D eigenvalue weighted by Gasteiger charge is 2.53. The summed E-state index contributed by atoms with van der Waals surface area (Å²) in [5.74, 6) is 0.608. The van der Waals surface area contributed by atoms with Crippen LogP contribution in [0.5, 0.6) is 0 Å². The van der Waals surface area contributed by atoms with Crippen LogP contribution in [-0.2, 0) is 15.9 Å². The van der Waals surface area contributed by atoms with Gasteiger partial charge in [-0.3, -0.25) is 9.58 Å². The summed E-state index contributed by atoms with van der Waals surface area (Å²) in [7, 11) is -0.994. The molecule has 0 radical (unpaired) electrons. The Bertz CT molecular complexity index is 692. The van der Waals surface area contributed by atoms with Crippen LogP contribution in [-0.4, -0.2) is 57.3 Å². The molecule has 8 heteroatoms. The molecule has 3 heterocycles. The van der Waals surface area contributed by atoms with Gasteiger partial charge in [0.05, 0.1) is 17.4 Å². The Balaban J connectivity index is 1.31. The molecule has 3 fully saturated rings. The first-order valence-corrected chi connectivity index (χ1v) is 10.1. The molecule has 0 aromatic carbocycles. The zero-order valence-corrected chi connectivity index (χ0v) is 16.8. The summed E-state index contributed by atoms with van der Waals surface area (Å²) in [5, 5.41) is 8.23. The van der Waals surface area contributed by atoms with E-state index in [4.69, 9.17) is 9.31 Å². The van der Waals surface area contributed by atoms with E-state index in [-0.39, 0.29) is 0 Å². The Morgan fingerprint density at radius 3 is 2.48 bits per heavy atom. The fourth-order valence-corrected chi connectivity index (χ4v) is 4.19. The second-order valence-corrected chi connectivity index (χ2v) is 9.24. The van der Waals surface area contributed by atoms with Gasteiger partial charge in [0.25, 0.3) is 0 Å². The molecule has 1 saturated carbocycles. The van der Waals surface area contributed by atoms with Crippen LogP contribution in [0.25, 0.3) is 6.08 Å². The molecule has 4 rings (SSSR count). The zero-order chi connectivity index (χ0) is 19.2. The summed E-state index contributed by atoms with van der Waals surface area (Å²) in [6.45, 7) is 10.7. The van der Waals surface area contributed by atoms with E-state index in [0.717, 1.165) is 25.7 Å². The van der Waals surface area contributed by atoms with Crippen molar-refractivity contribution in [2.24, 2.45) is 5.92 Å². The van der Waals surface area contributed by atoms with Crippen LogP contribution in [0.15, 0.2) is 11.9 Å². The van der Waals surface area contributed by atoms with Crippen molar-refractivity contribution in [1.29, 1.82) is 0 Å². The summed E-state index contributed by atoms with van der Waals surface area (Å²) in [6.07, 6.45) is 8.60. The number of hydrogen-bond donors (Lipinski definition) is 0. The summed E-state index contributed by atoms with van der Waals surface area (Å²) in [5.41, 5.74) is -1.10. The second-order valence-electron chi connectivity index (χ2n) is 9.24. The van der Waals surface area contributed by atoms with E-state index in [1.807, 2.05) is 32.4 Å². The first-order chi connectivity index (χ1) is 12.7. The van der Waals surface area contributed by atoms with Crippen LogP contribution >= 0.6 is 0 Å². The summed E-state index contributed by atoms with van der Waals surface area (Å²) in [6, 6.07) is 0.796. The lowest BCUT2D eigenvalue weighted by Gasteiger charge is -2.43. The lowest BCUT2D eigenvalue weighted by molar-refractivity contribution is 0.00578. The molecule has 0 spiro atoms. The van der Waals surface area contributed by atoms with Gasteiger partial charge < -0.3 is 9.31 Å². The molecule has 0 bridgehead atoms. The highest BCUT2D eigenvalue weighted by atomic mass is 19.1. The monoisotopic (exact) mass is 376 g/mol. The van der Waals surface area contributed by atoms with Crippen LogP contribution < -0.4 is 0 Å². The quantitative estimate of drug-likeness (QED) is 0.740. The molecule has 1 aromatic rings. The molecule has 2 saturated heterocycles. The van der Waals surface area contributed by atoms with Gasteiger partial charge in [-0.05, 0) is 46.6 Å². The smallest absolute Gasteiger partial charge is 0.398 e. The van der Waals surface area contributed by atoms with Gasteiger partial charge in [0.15, 0.2) is 0 Å². The summed E-state index contributed by atoms with van der Waals surface area (Å²) < 4.78 is 27.9. The number of likely N-dealkylation sites (tertiary alicyclic amines) is 1. The van der Waals surface area contributed by atoms with Gasteiger partial charge in [-0.15, -0.1) is 5.10 Å². The van der Waals surface area contributed by atoms with Crippen LogP contribution in [0.4, 0.5) is 4.39 Å². The number of hydrogen-bond acceptors (Lipinski definition) is 5. The minimum absolute atomic E-state index is 0.475. The molecule has 0 atom stereocenters. The van der Waals surface area contributed by atoms with Crippen molar-refractivity contribution in [3.63, 3.8) is 0 Å². The Labute approximate surface area is 161 Å². The molecule has 148 valence electrons. The average molecular weight is 376 g/mol. The van der Waals surface area contributed by atoms with E-state index in [2.05, 4.69) is 15.2 Å². The van der Waals surface area contributed by atoms with E-state index in [0.29, 0.717) is 11.6 Å². The molecule has 2 aliphatic heterocycles. The van der Waals surface area contributed by atoms with E-state index >= 15 is 0 Å². The van der Waals surface area contributed by atoms with Crippen molar-refractivity contribution < 1.29 is 13.7 Å². The first-order valence-electron chi connectivity index (χ1n) is 10.1. The maximum Gasteiger partial charge on any atom is 0.525 e. The van der Waals surface area contributed by atoms with E-state index in [1.54, 1.807) is 6.20 Å². The average Bonchev–Trinajstić information content (AvgIpc) is 3.24. The van der Waals surface area contributed by atoms with Gasteiger partial charge in [-0.25, -0.2) is 4.39 Å². The number of rotatable bonds is 5. The second kappa shape index (κ2) is 6.97. The molecule has 0 amide bonds. The predicted molar refractivity (Wildman–Crippen MR) is 103 cm³/mol. The van der Waals surface area contributed by atoms with Crippen LogP contribution in [0.3, 0.4) is 0 Å². The standard InChI is InChI=1S/C19H30BFN4O2/c1-18(2)19(3,4)27-20(26-18)17(21)9-15-13-25(23-22-15)12-14-10-24(11-14)16-7-5-6-8-16/h9,13-14,16H,5-8,10-12H2,1-4H3. The molecule has 27 heavy (non-hydrogen) atoms. The van der Waals surface area contributed by atoms with Crippen molar-refractivity contribution in [3.8, 4) is 0 Å². The van der Waals surface area contributed by atoms with Gasteiger partial charge in [0.2, 0.25) is 0 Å². The van der Waals surface area contributed by atoms with Gasteiger partial charge >= 0.3 is 7.12 Å². The topological polar surface area (TPSA) is 52.4 Å². The van der Waals surface area contributed by atoms with E-state index in [1.165, 1.54) is 31.8 Å². The lowest BCUT2D eigenvalue weighted by atomic mass is 9.87. The largest absolute Gasteiger partial charge is 0.525 e. The Morgan fingerprint density at radius 1 is 1.22 bits per heavy atom. The van der Waals surface area contributed by atoms with Gasteiger partial charge in [-0.2, -0.15) is 0 Å². The molecule has 0 N–H and O–H groups in total. The van der Waals surface area contributed by atoms with E-state index in [9.17, 15) is 4.39 Å². The summed E-state index contributed by atoms with van der Waals surface area (Å²) >= 11 is 0. The van der Waals surface area contributed by atoms with Crippen molar-refractivity contribution in [3.05, 3.63) is 17.6 Å². The molecular formula is C19H30BFN4O2. The highest BCUT2D eigenvalue weighted by molar-refractivity contribution is 6.54. The van der Waals surface area contributed by atoms with Crippen molar-refractivity contribution in [2.45, 2.75) is 77.2 Å². The molecule has 6 nitrogen and oxygen atoms in total. The maximum atomic E-state index is 14.6. The van der Waals surface area contributed by atoms with Crippen LogP contribution in [0.2, 0.25) is 0 Å². The Kier molecular flexibility index (Phi) is 4.93. The first kappa shape index (κ1) is 19.1. The molecular weight excluding hydrogens is 346 g/mol. The van der Waals surface area contributed by atoms with Crippen molar-refractivity contribution in [1.82, 2.24) is 19.9 Å². The highest BCUT2D eigenvalue weighted by Crippen LogP contribution is 2.39. The number of nitrogens with zero attached hydrogens (tertiary/aromatic N) is 4. The normalized spacial score (nSPS) is 26.7. The molecule has 3 aliphatic rings. The van der Waals surface area contributed by atoms with Crippen LogP contribution in [0, 0.1) is 5.92 Å². The molecule has 1 aliphatic carbocycles. The predicted octanol–water partition coefficient (Wildman–Crippen LogP) is 3.09. The fourth-order valence-electron chi connectivity index (χ4n) is 4.19. The third-order valence-electron chi connectivity index (χ3n) is 6.59. The van der Waals surface area contributed by atoms with Crippen molar-refractivity contribution >= 4 is 13.2 Å². The minimum Gasteiger partial charge on any atom is -0.398 e. The number of halogens is 1. The Morgan fingerprint density at radius 2 is 1.85 bits per heavy atom. The third kappa shape index (κ3) is 3.84. The minimum atomic E-state index is -0.994. The van der Waals surface area contributed by atoms with Crippen LogP contribution in [0.1, 0.15) is 59.1 Å². The lowest BCUT2D eigenvalue weighted by Crippen LogP contribution is -2.52. The SMILES string of the molecule is CC1(C)OB(C(F)=Cc2cn(CC3CN(C4CCCC4)C3)nn2)OC1(C)C. The Hall–Kier alpha value is -1.25. The zero-order valence-electron chi connectivity index (χ0n) is 16.8. The van der Waals surface area contributed by atoms with Gasteiger partial charge in [0.1, 0.15) is 11.4 Å². The van der Waals surface area contributed by atoms with Crippen molar-refractivity contribution in [2.75, 3.05) is 13.1 Å². The summed E-state index contributed by atoms with van der Waals surface area (Å²) in [4.78, 5) is 2.59.